The minimum absolute atomic E-state index is 0.587. The molecule has 3 nitrogen and oxygen atoms in total. The van der Waals surface area contributed by atoms with Gasteiger partial charge >= 0.3 is 0 Å². The van der Waals surface area contributed by atoms with Crippen molar-refractivity contribution in [1.29, 1.82) is 0 Å². The Kier molecular flexibility index (Phi) is 4.21. The minimum Gasteiger partial charge on any atom is -0.494 e. The van der Waals surface area contributed by atoms with E-state index in [1.54, 1.807) is 25.1 Å². The third kappa shape index (κ3) is 3.12. The molecule has 1 rings (SSSR count). The third-order valence-corrected chi connectivity index (χ3v) is 4.31. The summed E-state index contributed by atoms with van der Waals surface area (Å²) in [6, 6.07) is 5.28. The van der Waals surface area contributed by atoms with E-state index in [4.69, 9.17) is 15.4 Å². The van der Waals surface area contributed by atoms with Crippen molar-refractivity contribution in [2.24, 2.45) is 0 Å². The largest absolute Gasteiger partial charge is 0.494 e. The lowest BCUT2D eigenvalue weighted by atomic mass is 10.1. The molecule has 0 N–H and O–H groups in total. The highest BCUT2D eigenvalue weighted by Crippen LogP contribution is 2.28. The van der Waals surface area contributed by atoms with E-state index in [1.165, 1.54) is 0 Å². The summed E-state index contributed by atoms with van der Waals surface area (Å²) in [6.07, 6.45) is 0. The Labute approximate surface area is 101 Å². The Balaban J connectivity index is 3.06. The van der Waals surface area contributed by atoms with Gasteiger partial charge in [0.05, 0.1) is 11.9 Å². The van der Waals surface area contributed by atoms with E-state index < -0.39 is 14.3 Å². The number of ether oxygens (including phenoxy) is 1. The second-order valence-corrected chi connectivity index (χ2v) is 6.52. The second kappa shape index (κ2) is 5.06. The smallest absolute Gasteiger partial charge is 0.239 e. The van der Waals surface area contributed by atoms with Gasteiger partial charge in [0.25, 0.3) is 0 Å². The molecule has 0 aliphatic rings. The van der Waals surface area contributed by atoms with Crippen molar-refractivity contribution < 1.29 is 13.2 Å². The van der Waals surface area contributed by atoms with Crippen molar-refractivity contribution in [3.63, 3.8) is 0 Å². The molecule has 0 radical (unpaired) electrons. The molecule has 16 heavy (non-hydrogen) atoms. The van der Waals surface area contributed by atoms with Crippen LogP contribution in [0.3, 0.4) is 0 Å². The summed E-state index contributed by atoms with van der Waals surface area (Å²) in [7, 11) is 1.75. The van der Waals surface area contributed by atoms with Gasteiger partial charge in [0.15, 0.2) is 0 Å². The monoisotopic (exact) mass is 262 g/mol. The number of halogens is 1. The van der Waals surface area contributed by atoms with Crippen molar-refractivity contribution in [2.75, 3.05) is 6.61 Å². The molecule has 0 aliphatic carbocycles. The van der Waals surface area contributed by atoms with E-state index in [9.17, 15) is 8.42 Å². The predicted molar refractivity (Wildman–Crippen MR) is 65.5 cm³/mol. The first kappa shape index (κ1) is 13.3. The summed E-state index contributed by atoms with van der Waals surface area (Å²) in [5, 5.41) is -0.705. The maximum absolute atomic E-state index is 11.2. The maximum atomic E-state index is 11.2. The molecule has 0 heterocycles. The van der Waals surface area contributed by atoms with Crippen LogP contribution in [0.5, 0.6) is 5.75 Å². The Morgan fingerprint density at radius 3 is 2.50 bits per heavy atom. The van der Waals surface area contributed by atoms with Gasteiger partial charge in [-0.05, 0) is 38.0 Å². The molecule has 0 fully saturated rings. The summed E-state index contributed by atoms with van der Waals surface area (Å²) in [5.74, 6) is 0.769. The average molecular weight is 263 g/mol. The molecule has 0 aromatic heterocycles. The van der Waals surface area contributed by atoms with Crippen LogP contribution >= 0.6 is 10.7 Å². The summed E-state index contributed by atoms with van der Waals surface area (Å²) in [6.45, 7) is 5.93. The van der Waals surface area contributed by atoms with Gasteiger partial charge in [-0.25, -0.2) is 8.42 Å². The van der Waals surface area contributed by atoms with E-state index in [-0.39, 0.29) is 0 Å². The Hall–Kier alpha value is -0.740. The lowest BCUT2D eigenvalue weighted by Gasteiger charge is -2.12. The number of benzene rings is 1. The third-order valence-electron chi connectivity index (χ3n) is 2.39. The fraction of sp³-hybridized carbons (Fsp3) is 0.455. The van der Waals surface area contributed by atoms with Gasteiger partial charge in [0, 0.05) is 10.7 Å². The number of hydrogen-bond donors (Lipinski definition) is 0. The molecule has 90 valence electrons. The highest BCUT2D eigenvalue weighted by Gasteiger charge is 2.20. The molecular weight excluding hydrogens is 248 g/mol. The first-order valence-electron chi connectivity index (χ1n) is 5.03. The zero-order valence-corrected chi connectivity index (χ0v) is 11.1. The van der Waals surface area contributed by atoms with E-state index in [0.717, 1.165) is 11.3 Å². The molecule has 1 aromatic rings. The second-order valence-electron chi connectivity index (χ2n) is 3.58. The van der Waals surface area contributed by atoms with E-state index in [0.29, 0.717) is 12.2 Å². The highest BCUT2D eigenvalue weighted by molar-refractivity contribution is 8.13. The van der Waals surface area contributed by atoms with Crippen LogP contribution in [0.15, 0.2) is 18.2 Å². The van der Waals surface area contributed by atoms with Gasteiger partial charge in [0.2, 0.25) is 9.05 Å². The first-order chi connectivity index (χ1) is 7.36. The molecule has 1 atom stereocenters. The van der Waals surface area contributed by atoms with Crippen LogP contribution in [-0.2, 0) is 9.05 Å². The fourth-order valence-electron chi connectivity index (χ4n) is 1.41. The van der Waals surface area contributed by atoms with Crippen LogP contribution in [-0.4, -0.2) is 15.0 Å². The normalized spacial score (nSPS) is 13.5. The standard InChI is InChI=1S/C11H15ClO3S/c1-4-15-11-6-5-10(7-8(11)2)9(3)16(12,13)14/h5-7,9H,4H2,1-3H3. The number of rotatable bonds is 4. The minimum atomic E-state index is -3.57. The predicted octanol–water partition coefficient (Wildman–Crippen LogP) is 3.02. The molecule has 0 saturated heterocycles. The summed E-state index contributed by atoms with van der Waals surface area (Å²) >= 11 is 0. The molecule has 0 amide bonds. The van der Waals surface area contributed by atoms with Gasteiger partial charge < -0.3 is 4.74 Å². The summed E-state index contributed by atoms with van der Waals surface area (Å²) in [5.41, 5.74) is 1.59. The Morgan fingerprint density at radius 1 is 1.44 bits per heavy atom. The quantitative estimate of drug-likeness (QED) is 0.784. The molecule has 0 saturated carbocycles. The zero-order valence-electron chi connectivity index (χ0n) is 9.53. The van der Waals surface area contributed by atoms with Gasteiger partial charge in [-0.2, -0.15) is 0 Å². The van der Waals surface area contributed by atoms with Crippen molar-refractivity contribution >= 4 is 19.7 Å². The van der Waals surface area contributed by atoms with Crippen molar-refractivity contribution in [1.82, 2.24) is 0 Å². The molecule has 1 aromatic carbocycles. The van der Waals surface area contributed by atoms with Gasteiger partial charge in [-0.3, -0.25) is 0 Å². The van der Waals surface area contributed by atoms with E-state index in [2.05, 4.69) is 0 Å². The Bertz CT molecular complexity index is 468. The highest BCUT2D eigenvalue weighted by atomic mass is 35.7. The maximum Gasteiger partial charge on any atom is 0.239 e. The van der Waals surface area contributed by atoms with Crippen molar-refractivity contribution in [3.8, 4) is 5.75 Å². The van der Waals surface area contributed by atoms with Crippen molar-refractivity contribution in [2.45, 2.75) is 26.0 Å². The molecule has 0 bridgehead atoms. The fourth-order valence-corrected chi connectivity index (χ4v) is 2.19. The summed E-state index contributed by atoms with van der Waals surface area (Å²) < 4.78 is 27.8. The number of hydrogen-bond acceptors (Lipinski definition) is 3. The van der Waals surface area contributed by atoms with Crippen LogP contribution in [0.1, 0.15) is 30.2 Å². The van der Waals surface area contributed by atoms with Crippen LogP contribution in [0.2, 0.25) is 0 Å². The SMILES string of the molecule is CCOc1ccc(C(C)S(=O)(=O)Cl)cc1C. The Morgan fingerprint density at radius 2 is 2.06 bits per heavy atom. The molecule has 5 heteroatoms. The van der Waals surface area contributed by atoms with Gasteiger partial charge in [-0.15, -0.1) is 0 Å². The molecule has 0 aliphatic heterocycles. The molecular formula is C11H15ClO3S. The van der Waals surface area contributed by atoms with E-state index >= 15 is 0 Å². The topological polar surface area (TPSA) is 43.4 Å². The van der Waals surface area contributed by atoms with Crippen LogP contribution in [0.4, 0.5) is 0 Å². The zero-order chi connectivity index (χ0) is 12.3. The van der Waals surface area contributed by atoms with Crippen LogP contribution < -0.4 is 4.74 Å². The molecule has 1 unspecified atom stereocenters. The summed E-state index contributed by atoms with van der Waals surface area (Å²) in [4.78, 5) is 0. The van der Waals surface area contributed by atoms with Crippen LogP contribution in [0.25, 0.3) is 0 Å². The van der Waals surface area contributed by atoms with Gasteiger partial charge in [0.1, 0.15) is 5.75 Å². The molecule has 0 spiro atoms. The number of aryl methyl sites for hydroxylation is 1. The van der Waals surface area contributed by atoms with Crippen LogP contribution in [0, 0.1) is 6.92 Å². The van der Waals surface area contributed by atoms with Gasteiger partial charge in [-0.1, -0.05) is 12.1 Å². The average Bonchev–Trinajstić information content (AvgIpc) is 2.19. The lowest BCUT2D eigenvalue weighted by molar-refractivity contribution is 0.338. The first-order valence-corrected chi connectivity index (χ1v) is 7.40. The van der Waals surface area contributed by atoms with Crippen molar-refractivity contribution in [3.05, 3.63) is 29.3 Å². The lowest BCUT2D eigenvalue weighted by Crippen LogP contribution is -2.03. The van der Waals surface area contributed by atoms with E-state index in [1.807, 2.05) is 13.8 Å².